The third kappa shape index (κ3) is 8.24. The van der Waals surface area contributed by atoms with E-state index in [9.17, 15) is 17.6 Å². The van der Waals surface area contributed by atoms with Crippen LogP contribution in [-0.2, 0) is 27.9 Å². The molecule has 0 saturated heterocycles. The van der Waals surface area contributed by atoms with Crippen LogP contribution < -0.4 is 15.8 Å². The highest BCUT2D eigenvalue weighted by Gasteiger charge is 2.09. The number of halogens is 2. The number of guanidine groups is 1. The van der Waals surface area contributed by atoms with E-state index in [1.807, 2.05) is 0 Å². The maximum Gasteiger partial charge on any atom is 0.241 e. The fraction of sp³-hybridized carbons (Fsp3) is 0.263. The van der Waals surface area contributed by atoms with Crippen LogP contribution in [0.3, 0.4) is 0 Å². The largest absolute Gasteiger partial charge is 0.352 e. The highest BCUT2D eigenvalue weighted by Crippen LogP contribution is 2.10. The molecule has 0 aliphatic carbocycles. The fourth-order valence-corrected chi connectivity index (χ4v) is 2.78. The number of hydrogen-bond acceptors (Lipinski definition) is 4. The van der Waals surface area contributed by atoms with Crippen LogP contribution in [0.25, 0.3) is 0 Å². The van der Waals surface area contributed by atoms with Crippen LogP contribution in [-0.4, -0.2) is 45.8 Å². The summed E-state index contributed by atoms with van der Waals surface area (Å²) in [4.78, 5) is 17.7. The summed E-state index contributed by atoms with van der Waals surface area (Å²) in [5.41, 5.74) is 1.20. The molecular weight excluding hydrogens is 524 g/mol. The van der Waals surface area contributed by atoms with E-state index in [0.717, 1.165) is 5.56 Å². The van der Waals surface area contributed by atoms with Crippen LogP contribution in [0.15, 0.2) is 58.4 Å². The molecule has 0 heterocycles. The number of likely N-dealkylation sites (N-methyl/N-ethyl adjacent to an activating group) is 1. The third-order valence-electron chi connectivity index (χ3n) is 3.98. The lowest BCUT2D eigenvalue weighted by molar-refractivity contribution is -0.127. The fourth-order valence-electron chi connectivity index (χ4n) is 2.27. The molecule has 0 radical (unpaired) electrons. The number of carbonyl (C=O) groups excluding carboxylic acids is 1. The van der Waals surface area contributed by atoms with Gasteiger partial charge < -0.3 is 15.5 Å². The van der Waals surface area contributed by atoms with Gasteiger partial charge in [0.15, 0.2) is 5.96 Å². The quantitative estimate of drug-likeness (QED) is 0.275. The minimum Gasteiger partial charge on any atom is -0.352 e. The second-order valence-corrected chi connectivity index (χ2v) is 8.00. The first-order valence-electron chi connectivity index (χ1n) is 8.74. The summed E-state index contributed by atoms with van der Waals surface area (Å²) in [6.45, 7) is 0.410. The molecule has 8 nitrogen and oxygen atoms in total. The van der Waals surface area contributed by atoms with Crippen molar-refractivity contribution in [2.75, 3.05) is 20.6 Å². The van der Waals surface area contributed by atoms with Gasteiger partial charge >= 0.3 is 0 Å². The van der Waals surface area contributed by atoms with Crippen LogP contribution in [0.5, 0.6) is 0 Å². The van der Waals surface area contributed by atoms with Gasteiger partial charge in [-0.15, -0.1) is 24.0 Å². The van der Waals surface area contributed by atoms with Gasteiger partial charge in [0.05, 0.1) is 18.0 Å². The maximum atomic E-state index is 13.8. The van der Waals surface area contributed by atoms with Gasteiger partial charge in [-0.25, -0.2) is 22.9 Å². The average molecular weight is 549 g/mol. The summed E-state index contributed by atoms with van der Waals surface area (Å²) in [5, 5.41) is 11.0. The van der Waals surface area contributed by atoms with Crippen LogP contribution in [0.2, 0.25) is 0 Å². The monoisotopic (exact) mass is 549 g/mol. The molecule has 0 atom stereocenters. The molecule has 2 aromatic rings. The summed E-state index contributed by atoms with van der Waals surface area (Å²) >= 11 is 0. The highest BCUT2D eigenvalue weighted by atomic mass is 127. The minimum atomic E-state index is -3.76. The second kappa shape index (κ2) is 11.8. The summed E-state index contributed by atoms with van der Waals surface area (Å²) < 4.78 is 36.5. The molecular formula is C19H25FIN5O3S. The number of nitrogens with two attached hydrogens (primary N) is 1. The van der Waals surface area contributed by atoms with E-state index in [1.165, 1.54) is 23.1 Å². The van der Waals surface area contributed by atoms with Crippen molar-refractivity contribution in [3.8, 4) is 0 Å². The Morgan fingerprint density at radius 1 is 1.10 bits per heavy atom. The van der Waals surface area contributed by atoms with E-state index in [1.54, 1.807) is 44.4 Å². The van der Waals surface area contributed by atoms with Crippen LogP contribution in [0.4, 0.5) is 4.39 Å². The van der Waals surface area contributed by atoms with E-state index in [2.05, 4.69) is 15.6 Å². The van der Waals surface area contributed by atoms with E-state index in [-0.39, 0.29) is 60.2 Å². The summed E-state index contributed by atoms with van der Waals surface area (Å²) in [6.07, 6.45) is 0. The topological polar surface area (TPSA) is 117 Å². The van der Waals surface area contributed by atoms with Crippen molar-refractivity contribution in [2.24, 2.45) is 10.1 Å². The Morgan fingerprint density at radius 3 is 2.30 bits per heavy atom. The number of hydrogen-bond donors (Lipinski definition) is 3. The van der Waals surface area contributed by atoms with Gasteiger partial charge in [0.1, 0.15) is 5.82 Å². The van der Waals surface area contributed by atoms with Gasteiger partial charge in [-0.3, -0.25) is 4.79 Å². The molecule has 2 rings (SSSR count). The van der Waals surface area contributed by atoms with Crippen LogP contribution in [0.1, 0.15) is 11.1 Å². The summed E-state index contributed by atoms with van der Waals surface area (Å²) in [6, 6.07) is 12.3. The normalized spacial score (nSPS) is 11.4. The second-order valence-electron chi connectivity index (χ2n) is 6.44. The number of benzene rings is 2. The zero-order chi connectivity index (χ0) is 21.4. The van der Waals surface area contributed by atoms with Gasteiger partial charge in [0.2, 0.25) is 15.9 Å². The van der Waals surface area contributed by atoms with Crippen molar-refractivity contribution in [1.29, 1.82) is 0 Å². The predicted octanol–water partition coefficient (Wildman–Crippen LogP) is 1.41. The maximum absolute atomic E-state index is 13.8. The van der Waals surface area contributed by atoms with Crippen molar-refractivity contribution < 1.29 is 17.6 Å². The average Bonchev–Trinajstić information content (AvgIpc) is 2.67. The lowest BCUT2D eigenvalue weighted by atomic mass is 10.2. The molecule has 1 amide bonds. The predicted molar refractivity (Wildman–Crippen MR) is 124 cm³/mol. The van der Waals surface area contributed by atoms with Gasteiger partial charge in [-0.2, -0.15) is 0 Å². The van der Waals surface area contributed by atoms with E-state index in [4.69, 9.17) is 5.14 Å². The molecule has 0 aliphatic rings. The number of nitrogens with one attached hydrogen (secondary N) is 2. The van der Waals surface area contributed by atoms with Crippen molar-refractivity contribution in [3.63, 3.8) is 0 Å². The number of sulfonamides is 1. The Hall–Kier alpha value is -2.25. The number of nitrogens with zero attached hydrogens (tertiary/aromatic N) is 2. The minimum absolute atomic E-state index is 0. The first-order valence-corrected chi connectivity index (χ1v) is 10.3. The third-order valence-corrected chi connectivity index (χ3v) is 4.91. The van der Waals surface area contributed by atoms with E-state index < -0.39 is 10.0 Å². The lowest BCUT2D eigenvalue weighted by Gasteiger charge is -2.15. The Morgan fingerprint density at radius 2 is 1.73 bits per heavy atom. The first kappa shape index (κ1) is 25.8. The molecule has 0 saturated carbocycles. The molecule has 0 aromatic heterocycles. The molecule has 0 unspecified atom stereocenters. The zero-order valence-electron chi connectivity index (χ0n) is 16.6. The zero-order valence-corrected chi connectivity index (χ0v) is 19.8. The van der Waals surface area contributed by atoms with Crippen molar-refractivity contribution in [3.05, 3.63) is 65.5 Å². The van der Waals surface area contributed by atoms with Gasteiger partial charge in [-0.05, 0) is 23.8 Å². The number of carbonyl (C=O) groups is 1. The Balaban J connectivity index is 0.00000450. The van der Waals surface area contributed by atoms with Gasteiger partial charge in [0, 0.05) is 26.2 Å². The SMILES string of the molecule is CN(C)C(=O)CNC(=NCc1ccc(S(N)(=O)=O)cc1)NCc1ccccc1F.I. The van der Waals surface area contributed by atoms with Crippen molar-refractivity contribution in [1.82, 2.24) is 15.5 Å². The molecule has 164 valence electrons. The van der Waals surface area contributed by atoms with Crippen LogP contribution in [0, 0.1) is 5.82 Å². The summed E-state index contributed by atoms with van der Waals surface area (Å²) in [7, 11) is -0.480. The molecule has 0 bridgehead atoms. The molecule has 2 aromatic carbocycles. The molecule has 4 N–H and O–H groups in total. The Bertz CT molecular complexity index is 982. The molecule has 11 heteroatoms. The first-order chi connectivity index (χ1) is 13.7. The molecule has 0 fully saturated rings. The van der Waals surface area contributed by atoms with E-state index in [0.29, 0.717) is 11.5 Å². The van der Waals surface area contributed by atoms with Gasteiger partial charge in [-0.1, -0.05) is 30.3 Å². The molecule has 0 aliphatic heterocycles. The molecule has 30 heavy (non-hydrogen) atoms. The number of primary sulfonamides is 1. The van der Waals surface area contributed by atoms with Gasteiger partial charge in [0.25, 0.3) is 0 Å². The number of rotatable bonds is 7. The van der Waals surface area contributed by atoms with Crippen LogP contribution >= 0.6 is 24.0 Å². The Kier molecular flexibility index (Phi) is 10.2. The lowest BCUT2D eigenvalue weighted by Crippen LogP contribution is -2.42. The van der Waals surface area contributed by atoms with Crippen molar-refractivity contribution in [2.45, 2.75) is 18.0 Å². The highest BCUT2D eigenvalue weighted by molar-refractivity contribution is 14.0. The number of amides is 1. The smallest absolute Gasteiger partial charge is 0.241 e. The molecule has 0 spiro atoms. The Labute approximate surface area is 192 Å². The summed E-state index contributed by atoms with van der Waals surface area (Å²) in [5.74, 6) is -0.177. The van der Waals surface area contributed by atoms with Crippen molar-refractivity contribution >= 4 is 45.9 Å². The number of aliphatic imine (C=N–C) groups is 1. The standard InChI is InChI=1S/C19H24FN5O3S.HI/c1-25(2)18(26)13-24-19(23-12-15-5-3-4-6-17(15)20)22-11-14-7-9-16(10-8-14)29(21,27)28;/h3-10H,11-13H2,1-2H3,(H2,21,27,28)(H2,22,23,24);1H. The van der Waals surface area contributed by atoms with E-state index >= 15 is 0 Å².